The predicted molar refractivity (Wildman–Crippen MR) is 44.9 cm³/mol. The van der Waals surface area contributed by atoms with Crippen LogP contribution in [0.2, 0.25) is 0 Å². The summed E-state index contributed by atoms with van der Waals surface area (Å²) in [6, 6.07) is 0. The van der Waals surface area contributed by atoms with Crippen molar-refractivity contribution >= 4 is 0 Å². The molecule has 0 aromatic rings. The predicted octanol–water partition coefficient (Wildman–Crippen LogP) is 2.36. The van der Waals surface area contributed by atoms with Crippen LogP contribution >= 0.6 is 0 Å². The fourth-order valence-corrected chi connectivity index (χ4v) is 0.878. The van der Waals surface area contributed by atoms with E-state index in [0.717, 1.165) is 19.3 Å². The molecular formula is C9H18O. The monoisotopic (exact) mass is 142 g/mol. The third-order valence-corrected chi connectivity index (χ3v) is 1.52. The molecule has 1 nitrogen and oxygen atoms in total. The Kier molecular flexibility index (Phi) is 6.61. The highest BCUT2D eigenvalue weighted by Gasteiger charge is 1.93. The molecule has 0 aromatic carbocycles. The molecule has 0 heterocycles. The number of rotatable bonds is 5. The second-order valence-electron chi connectivity index (χ2n) is 2.68. The van der Waals surface area contributed by atoms with Crippen LogP contribution in [0.3, 0.4) is 0 Å². The number of hydrogen-bond acceptors (Lipinski definition) is 1. The highest BCUT2D eigenvalue weighted by molar-refractivity contribution is 4.84. The zero-order valence-electron chi connectivity index (χ0n) is 7.01. The molecule has 1 N–H and O–H groups in total. The maximum absolute atomic E-state index is 8.52. The number of aliphatic hydroxyl groups excluding tert-OH is 1. The first kappa shape index (κ1) is 9.70. The van der Waals surface area contributed by atoms with E-state index in [1.165, 1.54) is 0 Å². The van der Waals surface area contributed by atoms with Crippen molar-refractivity contribution in [1.29, 1.82) is 0 Å². The molecule has 1 atom stereocenters. The Bertz CT molecular complexity index is 86.7. The van der Waals surface area contributed by atoms with Gasteiger partial charge in [-0.25, -0.2) is 0 Å². The summed E-state index contributed by atoms with van der Waals surface area (Å²) < 4.78 is 0. The maximum atomic E-state index is 8.52. The minimum atomic E-state index is 0.324. The largest absolute Gasteiger partial charge is 0.396 e. The van der Waals surface area contributed by atoms with Gasteiger partial charge >= 0.3 is 0 Å². The van der Waals surface area contributed by atoms with Crippen molar-refractivity contribution in [2.45, 2.75) is 33.1 Å². The average molecular weight is 142 g/mol. The van der Waals surface area contributed by atoms with Gasteiger partial charge in [0, 0.05) is 6.61 Å². The van der Waals surface area contributed by atoms with Gasteiger partial charge < -0.3 is 5.11 Å². The molecule has 0 amide bonds. The van der Waals surface area contributed by atoms with E-state index < -0.39 is 0 Å². The third-order valence-electron chi connectivity index (χ3n) is 1.52. The summed E-state index contributed by atoms with van der Waals surface area (Å²) in [6.45, 7) is 4.64. The smallest absolute Gasteiger partial charge is 0.0431 e. The van der Waals surface area contributed by atoms with Crippen molar-refractivity contribution in [1.82, 2.24) is 0 Å². The van der Waals surface area contributed by atoms with Crippen LogP contribution in [0.15, 0.2) is 12.2 Å². The minimum absolute atomic E-state index is 0.324. The molecule has 0 aliphatic heterocycles. The molecule has 0 aliphatic carbocycles. The molecule has 1 heteroatoms. The van der Waals surface area contributed by atoms with Gasteiger partial charge in [-0.2, -0.15) is 0 Å². The quantitative estimate of drug-likeness (QED) is 0.584. The normalized spacial score (nSPS) is 14.3. The Labute approximate surface area is 63.8 Å². The van der Waals surface area contributed by atoms with Gasteiger partial charge in [0.05, 0.1) is 0 Å². The lowest BCUT2D eigenvalue weighted by molar-refractivity contribution is 0.279. The van der Waals surface area contributed by atoms with Crippen molar-refractivity contribution < 1.29 is 5.11 Å². The van der Waals surface area contributed by atoms with E-state index in [9.17, 15) is 0 Å². The Hall–Kier alpha value is -0.300. The summed E-state index contributed by atoms with van der Waals surface area (Å²) in [6.07, 6.45) is 7.55. The Balaban J connectivity index is 3.24. The summed E-state index contributed by atoms with van der Waals surface area (Å²) in [5.74, 6) is 0.632. The molecule has 10 heavy (non-hydrogen) atoms. The minimum Gasteiger partial charge on any atom is -0.396 e. The van der Waals surface area contributed by atoms with E-state index >= 15 is 0 Å². The molecule has 0 rings (SSSR count). The van der Waals surface area contributed by atoms with Gasteiger partial charge in [-0.05, 0) is 25.2 Å². The van der Waals surface area contributed by atoms with E-state index in [-0.39, 0.29) is 0 Å². The molecule has 0 saturated heterocycles. The number of allylic oxidation sites excluding steroid dienone is 2. The standard InChI is InChI=1S/C9H18O/c1-3-4-6-9(2)7-5-8-10/h4,6,9-10H,3,5,7-8H2,1-2H3/b6-4+. The Morgan fingerprint density at radius 3 is 2.70 bits per heavy atom. The first-order chi connectivity index (χ1) is 4.81. The van der Waals surface area contributed by atoms with Crippen LogP contribution in [-0.2, 0) is 0 Å². The van der Waals surface area contributed by atoms with E-state index in [1.807, 2.05) is 0 Å². The highest BCUT2D eigenvalue weighted by atomic mass is 16.2. The summed E-state index contributed by atoms with van der Waals surface area (Å²) in [5.41, 5.74) is 0. The van der Waals surface area contributed by atoms with Crippen molar-refractivity contribution in [3.05, 3.63) is 12.2 Å². The van der Waals surface area contributed by atoms with Crippen LogP contribution in [0.4, 0.5) is 0 Å². The summed E-state index contributed by atoms with van der Waals surface area (Å²) in [4.78, 5) is 0. The van der Waals surface area contributed by atoms with Crippen molar-refractivity contribution in [3.63, 3.8) is 0 Å². The lowest BCUT2D eigenvalue weighted by atomic mass is 10.1. The molecule has 0 spiro atoms. The fraction of sp³-hybridized carbons (Fsp3) is 0.778. The average Bonchev–Trinajstić information content (AvgIpc) is 1.97. The van der Waals surface area contributed by atoms with Gasteiger partial charge in [0.25, 0.3) is 0 Å². The van der Waals surface area contributed by atoms with Crippen LogP contribution < -0.4 is 0 Å². The molecule has 60 valence electrons. The molecule has 0 aliphatic rings. The first-order valence-electron chi connectivity index (χ1n) is 4.08. The lowest BCUT2D eigenvalue weighted by Crippen LogP contribution is -1.91. The van der Waals surface area contributed by atoms with Crippen LogP contribution in [0.5, 0.6) is 0 Å². The summed E-state index contributed by atoms with van der Waals surface area (Å²) >= 11 is 0. The van der Waals surface area contributed by atoms with Crippen LogP contribution in [-0.4, -0.2) is 11.7 Å². The second kappa shape index (κ2) is 6.81. The van der Waals surface area contributed by atoms with Crippen molar-refractivity contribution in [2.24, 2.45) is 5.92 Å². The highest BCUT2D eigenvalue weighted by Crippen LogP contribution is 2.06. The lowest BCUT2D eigenvalue weighted by Gasteiger charge is -2.02. The summed E-state index contributed by atoms with van der Waals surface area (Å²) in [5, 5.41) is 8.52. The van der Waals surface area contributed by atoms with Gasteiger partial charge in [0.1, 0.15) is 0 Å². The van der Waals surface area contributed by atoms with Gasteiger partial charge in [0.15, 0.2) is 0 Å². The van der Waals surface area contributed by atoms with Gasteiger partial charge in [-0.1, -0.05) is 26.0 Å². The van der Waals surface area contributed by atoms with Crippen molar-refractivity contribution in [3.8, 4) is 0 Å². The first-order valence-corrected chi connectivity index (χ1v) is 4.08. The van der Waals surface area contributed by atoms with Crippen molar-refractivity contribution in [2.75, 3.05) is 6.61 Å². The molecular weight excluding hydrogens is 124 g/mol. The fourth-order valence-electron chi connectivity index (χ4n) is 0.878. The zero-order chi connectivity index (χ0) is 7.82. The van der Waals surface area contributed by atoms with Gasteiger partial charge in [-0.3, -0.25) is 0 Å². The molecule has 0 fully saturated rings. The van der Waals surface area contributed by atoms with Gasteiger partial charge in [0.2, 0.25) is 0 Å². The van der Waals surface area contributed by atoms with Crippen LogP contribution in [0.25, 0.3) is 0 Å². The molecule has 0 aromatic heterocycles. The van der Waals surface area contributed by atoms with E-state index in [2.05, 4.69) is 26.0 Å². The number of hydrogen-bond donors (Lipinski definition) is 1. The summed E-state index contributed by atoms with van der Waals surface area (Å²) in [7, 11) is 0. The zero-order valence-corrected chi connectivity index (χ0v) is 7.01. The van der Waals surface area contributed by atoms with Crippen LogP contribution in [0, 0.1) is 5.92 Å². The van der Waals surface area contributed by atoms with E-state index in [0.29, 0.717) is 12.5 Å². The Morgan fingerprint density at radius 1 is 1.50 bits per heavy atom. The molecule has 0 saturated carbocycles. The van der Waals surface area contributed by atoms with Gasteiger partial charge in [-0.15, -0.1) is 0 Å². The van der Waals surface area contributed by atoms with Crippen LogP contribution in [0.1, 0.15) is 33.1 Å². The second-order valence-corrected chi connectivity index (χ2v) is 2.68. The Morgan fingerprint density at radius 2 is 2.20 bits per heavy atom. The topological polar surface area (TPSA) is 20.2 Å². The maximum Gasteiger partial charge on any atom is 0.0431 e. The van der Waals surface area contributed by atoms with E-state index in [1.54, 1.807) is 0 Å². The SMILES string of the molecule is CC/C=C/C(C)CCCO. The molecule has 0 radical (unpaired) electrons. The third kappa shape index (κ3) is 5.83. The van der Waals surface area contributed by atoms with E-state index in [4.69, 9.17) is 5.11 Å². The number of aliphatic hydroxyl groups is 1. The molecule has 0 bridgehead atoms. The molecule has 1 unspecified atom stereocenters.